The van der Waals surface area contributed by atoms with Gasteiger partial charge in [-0.2, -0.15) is 0 Å². The highest BCUT2D eigenvalue weighted by atomic mass is 19.1. The number of ketones is 1. The van der Waals surface area contributed by atoms with Crippen LogP contribution in [-0.4, -0.2) is 33.8 Å². The van der Waals surface area contributed by atoms with Crippen molar-refractivity contribution >= 4 is 28.6 Å². The minimum atomic E-state index is -1.10. The standard InChI is InChI=1S/C28H26FN3O4/c29-19-12-10-17(11-13-19)16-21-20-8-4-5-9-22(20)31-26(21)28(36)32-23(14-15-24(33)34)27(35)25(30)18-6-2-1-3-7-18/h1-13,23,25,31H,14-16,30H2,(H,32,36)(H,33,34)/t23-,25?/m0/s1. The van der Waals surface area contributed by atoms with Crippen LogP contribution in [0.1, 0.15) is 46.1 Å². The summed E-state index contributed by atoms with van der Waals surface area (Å²) in [5, 5.41) is 12.7. The SMILES string of the molecule is NC(C(=O)[C@H](CCC(=O)O)NC(=O)c1[nH]c2ccccc2c1Cc1ccc(F)cc1)c1ccccc1. The topological polar surface area (TPSA) is 125 Å². The summed E-state index contributed by atoms with van der Waals surface area (Å²) in [4.78, 5) is 41.0. The second-order valence-electron chi connectivity index (χ2n) is 8.58. The number of hydrogen-bond acceptors (Lipinski definition) is 4. The first kappa shape index (κ1) is 24.8. The molecule has 2 atom stereocenters. The molecule has 3 aromatic carbocycles. The zero-order chi connectivity index (χ0) is 25.7. The van der Waals surface area contributed by atoms with Gasteiger partial charge in [0.2, 0.25) is 0 Å². The Balaban J connectivity index is 1.64. The van der Waals surface area contributed by atoms with Crippen molar-refractivity contribution < 1.29 is 23.9 Å². The van der Waals surface area contributed by atoms with Crippen molar-refractivity contribution in [3.8, 4) is 0 Å². The molecule has 1 heterocycles. The highest BCUT2D eigenvalue weighted by molar-refractivity contribution is 6.03. The quantitative estimate of drug-likeness (QED) is 0.268. The number of hydrogen-bond donors (Lipinski definition) is 4. The molecule has 4 rings (SSSR count). The van der Waals surface area contributed by atoms with Gasteiger partial charge in [0, 0.05) is 23.7 Å². The maximum atomic E-state index is 13.5. The number of nitrogens with one attached hydrogen (secondary N) is 2. The minimum Gasteiger partial charge on any atom is -0.481 e. The number of aromatic amines is 1. The lowest BCUT2D eigenvalue weighted by Crippen LogP contribution is -2.45. The number of amides is 1. The highest BCUT2D eigenvalue weighted by Gasteiger charge is 2.29. The van der Waals surface area contributed by atoms with Crippen LogP contribution in [0.25, 0.3) is 10.9 Å². The van der Waals surface area contributed by atoms with Crippen LogP contribution >= 0.6 is 0 Å². The Kier molecular flexibility index (Phi) is 7.56. The van der Waals surface area contributed by atoms with Gasteiger partial charge in [0.15, 0.2) is 5.78 Å². The largest absolute Gasteiger partial charge is 0.481 e. The maximum Gasteiger partial charge on any atom is 0.303 e. The van der Waals surface area contributed by atoms with E-state index in [1.54, 1.807) is 42.5 Å². The fraction of sp³-hybridized carbons (Fsp3) is 0.179. The van der Waals surface area contributed by atoms with Crippen molar-refractivity contribution in [1.82, 2.24) is 10.3 Å². The van der Waals surface area contributed by atoms with E-state index in [0.717, 1.165) is 16.5 Å². The average molecular weight is 488 g/mol. The zero-order valence-electron chi connectivity index (χ0n) is 19.4. The first-order valence-electron chi connectivity index (χ1n) is 11.5. The van der Waals surface area contributed by atoms with E-state index in [1.807, 2.05) is 24.3 Å². The molecule has 0 fully saturated rings. The van der Waals surface area contributed by atoms with Crippen molar-refractivity contribution in [2.45, 2.75) is 31.3 Å². The number of para-hydroxylation sites is 1. The third-order valence-corrected chi connectivity index (χ3v) is 6.10. The molecule has 1 unspecified atom stereocenters. The third kappa shape index (κ3) is 5.67. The van der Waals surface area contributed by atoms with E-state index in [4.69, 9.17) is 5.73 Å². The molecule has 5 N–H and O–H groups in total. The number of carbonyl (C=O) groups excluding carboxylic acids is 2. The molecule has 184 valence electrons. The van der Waals surface area contributed by atoms with Gasteiger partial charge in [0.25, 0.3) is 5.91 Å². The number of benzene rings is 3. The third-order valence-electron chi connectivity index (χ3n) is 6.10. The van der Waals surface area contributed by atoms with Gasteiger partial charge >= 0.3 is 5.97 Å². The number of aromatic nitrogens is 1. The number of aliphatic carboxylic acids is 1. The molecule has 0 aliphatic heterocycles. The molecule has 0 saturated heterocycles. The van der Waals surface area contributed by atoms with Crippen molar-refractivity contribution in [3.05, 3.63) is 107 Å². The number of nitrogens with two attached hydrogens (primary N) is 1. The van der Waals surface area contributed by atoms with Crippen LogP contribution in [-0.2, 0) is 16.0 Å². The molecule has 0 spiro atoms. The maximum absolute atomic E-state index is 13.5. The van der Waals surface area contributed by atoms with Crippen LogP contribution < -0.4 is 11.1 Å². The van der Waals surface area contributed by atoms with Crippen LogP contribution in [0.3, 0.4) is 0 Å². The molecule has 0 saturated carbocycles. The molecule has 0 radical (unpaired) electrons. The lowest BCUT2D eigenvalue weighted by Gasteiger charge is -2.21. The fourth-order valence-corrected chi connectivity index (χ4v) is 4.21. The summed E-state index contributed by atoms with van der Waals surface area (Å²) in [6.45, 7) is 0. The van der Waals surface area contributed by atoms with Crippen LogP contribution in [0.5, 0.6) is 0 Å². The summed E-state index contributed by atoms with van der Waals surface area (Å²) < 4.78 is 13.4. The molecule has 8 heteroatoms. The molecule has 4 aromatic rings. The Hall–Kier alpha value is -4.30. The fourth-order valence-electron chi connectivity index (χ4n) is 4.21. The Labute approximate surface area is 207 Å². The second kappa shape index (κ2) is 11.0. The Bertz CT molecular complexity index is 1380. The van der Waals surface area contributed by atoms with Crippen LogP contribution in [0.15, 0.2) is 78.9 Å². The number of halogens is 1. The van der Waals surface area contributed by atoms with Crippen molar-refractivity contribution in [2.75, 3.05) is 0 Å². The number of Topliss-reactive ketones (excluding diaryl/α,β-unsaturated/α-hetero) is 1. The van der Waals surface area contributed by atoms with Crippen LogP contribution in [0.4, 0.5) is 4.39 Å². The average Bonchev–Trinajstić information content (AvgIpc) is 3.25. The zero-order valence-corrected chi connectivity index (χ0v) is 19.4. The normalized spacial score (nSPS) is 12.7. The number of carboxylic acid groups (broad SMARTS) is 1. The van der Waals surface area contributed by atoms with E-state index < -0.39 is 29.7 Å². The molecule has 1 aromatic heterocycles. The molecule has 0 aliphatic carbocycles. The minimum absolute atomic E-state index is 0.103. The first-order valence-corrected chi connectivity index (χ1v) is 11.5. The van der Waals surface area contributed by atoms with Gasteiger partial charge < -0.3 is 21.1 Å². The van der Waals surface area contributed by atoms with Gasteiger partial charge in [-0.3, -0.25) is 14.4 Å². The monoisotopic (exact) mass is 487 g/mol. The summed E-state index contributed by atoms with van der Waals surface area (Å²) >= 11 is 0. The van der Waals surface area contributed by atoms with Gasteiger partial charge in [0.1, 0.15) is 11.5 Å². The molecular formula is C28H26FN3O4. The van der Waals surface area contributed by atoms with Gasteiger partial charge in [-0.15, -0.1) is 0 Å². The summed E-state index contributed by atoms with van der Waals surface area (Å²) in [6.07, 6.45) is -0.0639. The number of H-pyrrole nitrogens is 1. The predicted molar refractivity (Wildman–Crippen MR) is 134 cm³/mol. The summed E-state index contributed by atoms with van der Waals surface area (Å²) in [5.74, 6) is -2.47. The van der Waals surface area contributed by atoms with Crippen molar-refractivity contribution in [3.63, 3.8) is 0 Å². The van der Waals surface area contributed by atoms with Crippen molar-refractivity contribution in [2.24, 2.45) is 5.73 Å². The number of fused-ring (bicyclic) bond motifs is 1. The summed E-state index contributed by atoms with van der Waals surface area (Å²) in [5.41, 5.74) is 9.22. The lowest BCUT2D eigenvalue weighted by molar-refractivity contribution is -0.137. The van der Waals surface area contributed by atoms with Gasteiger partial charge in [-0.05, 0) is 41.3 Å². The van der Waals surface area contributed by atoms with E-state index in [0.29, 0.717) is 17.5 Å². The highest BCUT2D eigenvalue weighted by Crippen LogP contribution is 2.26. The summed E-state index contributed by atoms with van der Waals surface area (Å²) in [6, 6.07) is 20.0. The van der Waals surface area contributed by atoms with E-state index in [2.05, 4.69) is 10.3 Å². The Morgan fingerprint density at radius 3 is 2.31 bits per heavy atom. The predicted octanol–water partition coefficient (Wildman–Crippen LogP) is 4.13. The van der Waals surface area contributed by atoms with E-state index >= 15 is 0 Å². The lowest BCUT2D eigenvalue weighted by atomic mass is 9.95. The summed E-state index contributed by atoms with van der Waals surface area (Å²) in [7, 11) is 0. The molecule has 0 bridgehead atoms. The van der Waals surface area contributed by atoms with E-state index in [9.17, 15) is 23.9 Å². The van der Waals surface area contributed by atoms with E-state index in [1.165, 1.54) is 12.1 Å². The molecule has 7 nitrogen and oxygen atoms in total. The number of carbonyl (C=O) groups is 3. The second-order valence-corrected chi connectivity index (χ2v) is 8.58. The molecule has 0 aliphatic rings. The number of rotatable bonds is 10. The molecule has 1 amide bonds. The van der Waals surface area contributed by atoms with Gasteiger partial charge in [-0.25, -0.2) is 4.39 Å². The smallest absolute Gasteiger partial charge is 0.303 e. The van der Waals surface area contributed by atoms with Crippen LogP contribution in [0.2, 0.25) is 0 Å². The number of carboxylic acids is 1. The van der Waals surface area contributed by atoms with Gasteiger partial charge in [-0.1, -0.05) is 60.7 Å². The van der Waals surface area contributed by atoms with Crippen LogP contribution in [0, 0.1) is 5.82 Å². The first-order chi connectivity index (χ1) is 17.3. The Morgan fingerprint density at radius 2 is 1.61 bits per heavy atom. The molecular weight excluding hydrogens is 461 g/mol. The van der Waals surface area contributed by atoms with E-state index in [-0.39, 0.29) is 24.4 Å². The molecule has 36 heavy (non-hydrogen) atoms. The van der Waals surface area contributed by atoms with Crippen molar-refractivity contribution in [1.29, 1.82) is 0 Å². The van der Waals surface area contributed by atoms with Gasteiger partial charge in [0.05, 0.1) is 12.1 Å². The Morgan fingerprint density at radius 1 is 0.944 bits per heavy atom.